The molecule has 0 radical (unpaired) electrons. The largest absolute Gasteiger partial charge is 0.478 e. The van der Waals surface area contributed by atoms with Crippen molar-refractivity contribution in [3.63, 3.8) is 0 Å². The summed E-state index contributed by atoms with van der Waals surface area (Å²) in [5.41, 5.74) is 2.96. The minimum Gasteiger partial charge on any atom is -0.478 e. The third kappa shape index (κ3) is 4.35. The molecule has 0 spiro atoms. The van der Waals surface area contributed by atoms with E-state index >= 15 is 0 Å². The van der Waals surface area contributed by atoms with Gasteiger partial charge >= 0.3 is 5.97 Å². The van der Waals surface area contributed by atoms with Gasteiger partial charge < -0.3 is 14.4 Å². The fourth-order valence-corrected chi connectivity index (χ4v) is 4.06. The molecule has 0 bridgehead atoms. The second-order valence-electron chi connectivity index (χ2n) is 8.68. The molecule has 0 aliphatic rings. The summed E-state index contributed by atoms with van der Waals surface area (Å²) >= 11 is 0. The van der Waals surface area contributed by atoms with Crippen LogP contribution in [0.25, 0.3) is 33.5 Å². The number of carboxylic acid groups (broad SMARTS) is 1. The number of aromatic amines is 1. The zero-order valence-corrected chi connectivity index (χ0v) is 18.6. The van der Waals surface area contributed by atoms with E-state index < -0.39 is 20.7 Å². The molecule has 162 valence electrons. The number of rotatable bonds is 8. The number of benzene rings is 1. The Bertz CT molecular complexity index is 1260. The van der Waals surface area contributed by atoms with Crippen LogP contribution in [-0.4, -0.2) is 50.5 Å². The molecule has 0 aliphatic heterocycles. The number of hydrogen-bond acceptors (Lipinski definition) is 5. The van der Waals surface area contributed by atoms with Gasteiger partial charge in [-0.15, -0.1) is 0 Å². The number of nitrogens with zero attached hydrogens (tertiary/aromatic N) is 4. The maximum atomic E-state index is 12.9. The number of H-pyrrole nitrogens is 1. The second kappa shape index (κ2) is 8.20. The molecule has 4 rings (SSSR count). The number of carbonyl (C=O) groups is 1. The number of ether oxygens (including phenoxy) is 1. The van der Waals surface area contributed by atoms with E-state index in [2.05, 4.69) is 39.8 Å². The number of carboxylic acids is 1. The van der Waals surface area contributed by atoms with Crippen LogP contribution < -0.4 is 0 Å². The first kappa shape index (κ1) is 21.1. The number of halogens is 1. The fraction of sp³-hybridized carbons (Fsp3) is 0.333. The first-order valence-electron chi connectivity index (χ1n) is 9.97. The zero-order chi connectivity index (χ0) is 22.2. The first-order valence-corrected chi connectivity index (χ1v) is 13.7. The summed E-state index contributed by atoms with van der Waals surface area (Å²) in [6.07, 6.45) is 3.06. The van der Waals surface area contributed by atoms with Crippen molar-refractivity contribution in [2.24, 2.45) is 0 Å². The summed E-state index contributed by atoms with van der Waals surface area (Å²) in [5, 5.41) is 17.6. The summed E-state index contributed by atoms with van der Waals surface area (Å²) in [7, 11) is -1.22. The minimum atomic E-state index is -1.22. The number of aromatic nitrogens is 5. The van der Waals surface area contributed by atoms with Gasteiger partial charge in [-0.2, -0.15) is 5.10 Å². The van der Waals surface area contributed by atoms with Gasteiger partial charge in [0.1, 0.15) is 35.9 Å². The lowest BCUT2D eigenvalue weighted by atomic mass is 10.1. The molecule has 10 heteroatoms. The maximum absolute atomic E-state index is 12.9. The molecule has 3 aromatic heterocycles. The molecule has 0 atom stereocenters. The van der Waals surface area contributed by atoms with Gasteiger partial charge in [0.05, 0.1) is 11.7 Å². The summed E-state index contributed by atoms with van der Waals surface area (Å²) in [6.45, 7) is 7.07. The Hall–Kier alpha value is -3.11. The third-order valence-corrected chi connectivity index (χ3v) is 6.75. The second-order valence-corrected chi connectivity index (χ2v) is 14.3. The van der Waals surface area contributed by atoms with Crippen molar-refractivity contribution in [2.45, 2.75) is 39.1 Å². The number of hydrogen-bond donors (Lipinski definition) is 2. The van der Waals surface area contributed by atoms with Crippen molar-refractivity contribution in [3.8, 4) is 11.4 Å². The molecule has 0 fully saturated rings. The Balaban J connectivity index is 1.69. The van der Waals surface area contributed by atoms with Crippen LogP contribution in [0.5, 0.6) is 0 Å². The quantitative estimate of drug-likeness (QED) is 0.309. The van der Waals surface area contributed by atoms with E-state index in [1.54, 1.807) is 29.0 Å². The van der Waals surface area contributed by atoms with Crippen molar-refractivity contribution < 1.29 is 19.0 Å². The molecule has 0 unspecified atom stereocenters. The van der Waals surface area contributed by atoms with Gasteiger partial charge in [0.2, 0.25) is 0 Å². The molecule has 0 aliphatic carbocycles. The molecule has 8 nitrogen and oxygen atoms in total. The van der Waals surface area contributed by atoms with Crippen molar-refractivity contribution in [2.75, 3.05) is 6.61 Å². The Kier molecular flexibility index (Phi) is 5.59. The fourth-order valence-electron chi connectivity index (χ4n) is 3.31. The lowest BCUT2D eigenvalue weighted by Gasteiger charge is -2.15. The number of nitrogens with one attached hydrogen (secondary N) is 1. The first-order chi connectivity index (χ1) is 14.8. The smallest absolute Gasteiger partial charge is 0.339 e. The molecule has 4 aromatic rings. The van der Waals surface area contributed by atoms with Gasteiger partial charge in [-0.1, -0.05) is 31.8 Å². The highest BCUT2D eigenvalue weighted by Crippen LogP contribution is 2.28. The van der Waals surface area contributed by atoms with Gasteiger partial charge in [-0.05, 0) is 17.7 Å². The predicted molar refractivity (Wildman–Crippen MR) is 118 cm³/mol. The van der Waals surface area contributed by atoms with Gasteiger partial charge in [-0.3, -0.25) is 5.10 Å². The molecule has 0 saturated carbocycles. The Morgan fingerprint density at radius 3 is 2.84 bits per heavy atom. The van der Waals surface area contributed by atoms with E-state index in [9.17, 15) is 14.3 Å². The van der Waals surface area contributed by atoms with Crippen molar-refractivity contribution in [1.82, 2.24) is 24.7 Å². The van der Waals surface area contributed by atoms with Crippen LogP contribution >= 0.6 is 0 Å². The van der Waals surface area contributed by atoms with Crippen LogP contribution in [0.3, 0.4) is 0 Å². The van der Waals surface area contributed by atoms with E-state index in [1.165, 1.54) is 6.20 Å². The molecule has 31 heavy (non-hydrogen) atoms. The van der Waals surface area contributed by atoms with Crippen LogP contribution in [0.4, 0.5) is 4.39 Å². The zero-order valence-electron chi connectivity index (χ0n) is 17.6. The summed E-state index contributed by atoms with van der Waals surface area (Å²) in [5.74, 6) is -1.09. The number of alkyl halides is 1. The van der Waals surface area contributed by atoms with Crippen LogP contribution in [0.1, 0.15) is 15.9 Å². The van der Waals surface area contributed by atoms with Gasteiger partial charge in [-0.25, -0.2) is 19.2 Å². The Morgan fingerprint density at radius 2 is 2.13 bits per heavy atom. The summed E-state index contributed by atoms with van der Waals surface area (Å²) in [6, 6.07) is 6.16. The van der Waals surface area contributed by atoms with Gasteiger partial charge in [0.15, 0.2) is 5.65 Å². The van der Waals surface area contributed by atoms with E-state index in [0.29, 0.717) is 34.7 Å². The topological polar surface area (TPSA) is 106 Å². The van der Waals surface area contributed by atoms with E-state index in [0.717, 1.165) is 11.4 Å². The minimum absolute atomic E-state index is 0.0534. The van der Waals surface area contributed by atoms with Gasteiger partial charge in [0.25, 0.3) is 0 Å². The molecule has 0 amide bonds. The van der Waals surface area contributed by atoms with Crippen LogP contribution in [0.2, 0.25) is 25.7 Å². The molecular weight excluding hydrogens is 417 g/mol. The number of fused-ring (bicyclic) bond motifs is 2. The summed E-state index contributed by atoms with van der Waals surface area (Å²) < 4.78 is 20.4. The average molecular weight is 442 g/mol. The van der Waals surface area contributed by atoms with Crippen molar-refractivity contribution >= 4 is 36.1 Å². The number of aromatic carboxylic acids is 1. The van der Waals surface area contributed by atoms with E-state index in [1.807, 2.05) is 0 Å². The highest BCUT2D eigenvalue weighted by Gasteiger charge is 2.20. The monoisotopic (exact) mass is 441 g/mol. The molecule has 0 saturated heterocycles. The van der Waals surface area contributed by atoms with Crippen molar-refractivity contribution in [3.05, 3.63) is 41.7 Å². The van der Waals surface area contributed by atoms with Crippen LogP contribution in [-0.2, 0) is 18.1 Å². The lowest BCUT2D eigenvalue weighted by molar-refractivity contribution is 0.0696. The highest BCUT2D eigenvalue weighted by atomic mass is 28.3. The Morgan fingerprint density at radius 1 is 1.32 bits per heavy atom. The van der Waals surface area contributed by atoms with Crippen LogP contribution in [0, 0.1) is 0 Å². The predicted octanol–water partition coefficient (Wildman–Crippen LogP) is 4.45. The van der Waals surface area contributed by atoms with Crippen LogP contribution in [0.15, 0.2) is 30.6 Å². The van der Waals surface area contributed by atoms with E-state index in [4.69, 9.17) is 4.74 Å². The average Bonchev–Trinajstić information content (AvgIpc) is 3.31. The van der Waals surface area contributed by atoms with Crippen molar-refractivity contribution in [1.29, 1.82) is 0 Å². The Labute approximate surface area is 179 Å². The van der Waals surface area contributed by atoms with E-state index in [-0.39, 0.29) is 17.8 Å². The highest BCUT2D eigenvalue weighted by molar-refractivity contribution is 6.76. The molecule has 3 heterocycles. The normalized spacial score (nSPS) is 12.1. The maximum Gasteiger partial charge on any atom is 0.339 e. The summed E-state index contributed by atoms with van der Waals surface area (Å²) in [4.78, 5) is 20.8. The standard InChI is InChI=1S/C21H24FN5O3Si/c1-31(2,3)7-6-30-12-27-11-15(21(28)29)19-20(27)23-10-17(24-19)18-14-5-4-13(9-22)8-16(14)25-26-18/h4-5,8,10-11H,6-7,9,12H2,1-3H3,(H,25,26)(H,28,29). The SMILES string of the molecule is C[Si](C)(C)CCOCn1cc(C(=O)O)c2nc(-c3n[nH]c4cc(CF)ccc34)cnc21. The molecule has 2 N–H and O–H groups in total. The van der Waals surface area contributed by atoms with Gasteiger partial charge in [0, 0.05) is 26.3 Å². The molecule has 1 aromatic carbocycles. The third-order valence-electron chi connectivity index (χ3n) is 5.05. The lowest BCUT2D eigenvalue weighted by Crippen LogP contribution is -2.22. The molecular formula is C21H24FN5O3Si.